The van der Waals surface area contributed by atoms with Crippen molar-refractivity contribution >= 4 is 22.7 Å². The molecular weight excluding hydrogens is 238 g/mol. The van der Waals surface area contributed by atoms with Gasteiger partial charge in [0.25, 0.3) is 0 Å². The van der Waals surface area contributed by atoms with Crippen LogP contribution in [0.4, 0.5) is 0 Å². The third kappa shape index (κ3) is 5.08. The van der Waals surface area contributed by atoms with Crippen LogP contribution in [0.1, 0.15) is 5.69 Å². The van der Waals surface area contributed by atoms with Gasteiger partial charge in [-0.3, -0.25) is 4.98 Å². The monoisotopic (exact) mass is 249 g/mol. The molecule has 1 aromatic heterocycles. The lowest BCUT2D eigenvalue weighted by Gasteiger charge is -2.03. The predicted octanol–water partition coefficient (Wildman–Crippen LogP) is 2.92. The van der Waals surface area contributed by atoms with Gasteiger partial charge in [-0.15, -0.1) is 10.2 Å². The van der Waals surface area contributed by atoms with Gasteiger partial charge in [-0.1, -0.05) is 30.8 Å². The molecule has 0 aliphatic heterocycles. The second-order valence-electron chi connectivity index (χ2n) is 2.88. The molecule has 1 aromatic rings. The molecule has 0 amide bonds. The number of halogens is 1. The lowest BCUT2D eigenvalue weighted by molar-refractivity contribution is 0.289. The quantitative estimate of drug-likeness (QED) is 0.458. The highest BCUT2D eigenvalue weighted by atomic mass is 35.5. The van der Waals surface area contributed by atoms with E-state index in [4.69, 9.17) is 16.3 Å². The summed E-state index contributed by atoms with van der Waals surface area (Å²) in [6.07, 6.45) is 4.51. The Balaban J connectivity index is 2.59. The SMILES string of the molecule is C=C/C(Cl)=N\N=C(/C=C)OCc1ccccn1. The van der Waals surface area contributed by atoms with Crippen molar-refractivity contribution in [2.75, 3.05) is 0 Å². The number of pyridine rings is 1. The topological polar surface area (TPSA) is 46.8 Å². The van der Waals surface area contributed by atoms with Crippen molar-refractivity contribution in [3.63, 3.8) is 0 Å². The summed E-state index contributed by atoms with van der Waals surface area (Å²) in [5.41, 5.74) is 0.792. The van der Waals surface area contributed by atoms with Gasteiger partial charge in [0.1, 0.15) is 6.61 Å². The zero-order valence-corrected chi connectivity index (χ0v) is 9.97. The molecular formula is C12H12ClN3O. The summed E-state index contributed by atoms with van der Waals surface area (Å²) in [5, 5.41) is 7.61. The minimum atomic E-state index is 0.186. The first-order valence-electron chi connectivity index (χ1n) is 4.85. The van der Waals surface area contributed by atoms with Gasteiger partial charge in [0.2, 0.25) is 5.90 Å². The number of hydrogen-bond acceptors (Lipinski definition) is 4. The van der Waals surface area contributed by atoms with Gasteiger partial charge < -0.3 is 4.74 Å². The van der Waals surface area contributed by atoms with Gasteiger partial charge in [0.15, 0.2) is 5.17 Å². The highest BCUT2D eigenvalue weighted by molar-refractivity contribution is 6.68. The number of allylic oxidation sites excluding steroid dienone is 1. The van der Waals surface area contributed by atoms with Gasteiger partial charge in [-0.05, 0) is 24.3 Å². The first-order chi connectivity index (χ1) is 8.26. The van der Waals surface area contributed by atoms with E-state index < -0.39 is 0 Å². The Morgan fingerprint density at radius 2 is 2.18 bits per heavy atom. The summed E-state index contributed by atoms with van der Waals surface area (Å²) >= 11 is 5.61. The molecule has 0 saturated carbocycles. The van der Waals surface area contributed by atoms with E-state index in [2.05, 4.69) is 28.3 Å². The number of aromatic nitrogens is 1. The smallest absolute Gasteiger partial charge is 0.233 e. The molecule has 0 bridgehead atoms. The average molecular weight is 250 g/mol. The molecule has 0 N–H and O–H groups in total. The second kappa shape index (κ2) is 7.35. The fourth-order valence-electron chi connectivity index (χ4n) is 0.898. The van der Waals surface area contributed by atoms with E-state index in [1.807, 2.05) is 18.2 Å². The van der Waals surface area contributed by atoms with Crippen LogP contribution in [-0.4, -0.2) is 16.1 Å². The number of hydrogen-bond donors (Lipinski definition) is 0. The maximum Gasteiger partial charge on any atom is 0.233 e. The summed E-state index contributed by atoms with van der Waals surface area (Å²) < 4.78 is 5.34. The molecule has 0 aliphatic carbocycles. The van der Waals surface area contributed by atoms with E-state index in [0.29, 0.717) is 6.61 Å². The third-order valence-corrected chi connectivity index (χ3v) is 1.91. The summed E-state index contributed by atoms with van der Waals surface area (Å²) in [6.45, 7) is 7.31. The fourth-order valence-corrected chi connectivity index (χ4v) is 0.936. The van der Waals surface area contributed by atoms with Crippen molar-refractivity contribution in [3.8, 4) is 0 Å². The summed E-state index contributed by atoms with van der Waals surface area (Å²) in [5.74, 6) is 0.274. The van der Waals surface area contributed by atoms with E-state index in [-0.39, 0.29) is 11.1 Å². The fraction of sp³-hybridized carbons (Fsp3) is 0.0833. The summed E-state index contributed by atoms with van der Waals surface area (Å²) in [6, 6.07) is 5.56. The van der Waals surface area contributed by atoms with Crippen LogP contribution < -0.4 is 0 Å². The molecule has 17 heavy (non-hydrogen) atoms. The minimum Gasteiger partial charge on any atom is -0.470 e. The largest absolute Gasteiger partial charge is 0.470 e. The minimum absolute atomic E-state index is 0.186. The van der Waals surface area contributed by atoms with Gasteiger partial charge in [-0.25, -0.2) is 0 Å². The molecule has 0 unspecified atom stereocenters. The maximum atomic E-state index is 5.61. The Morgan fingerprint density at radius 3 is 2.76 bits per heavy atom. The van der Waals surface area contributed by atoms with E-state index in [9.17, 15) is 0 Å². The van der Waals surface area contributed by atoms with Crippen LogP contribution in [-0.2, 0) is 11.3 Å². The van der Waals surface area contributed by atoms with Crippen molar-refractivity contribution in [3.05, 3.63) is 55.4 Å². The van der Waals surface area contributed by atoms with Crippen LogP contribution in [0.5, 0.6) is 0 Å². The van der Waals surface area contributed by atoms with Crippen LogP contribution in [0.25, 0.3) is 0 Å². The molecule has 1 rings (SSSR count). The molecule has 0 aliphatic rings. The van der Waals surface area contributed by atoms with E-state index in [1.54, 1.807) is 6.20 Å². The van der Waals surface area contributed by atoms with Gasteiger partial charge in [0.05, 0.1) is 5.69 Å². The Labute approximate surface area is 105 Å². The normalized spacial score (nSPS) is 12.1. The van der Waals surface area contributed by atoms with E-state index in [1.165, 1.54) is 12.2 Å². The average Bonchev–Trinajstić information content (AvgIpc) is 2.39. The van der Waals surface area contributed by atoms with Crippen molar-refractivity contribution in [2.45, 2.75) is 6.61 Å². The molecule has 4 nitrogen and oxygen atoms in total. The van der Waals surface area contributed by atoms with Crippen LogP contribution in [0.3, 0.4) is 0 Å². The van der Waals surface area contributed by atoms with Crippen molar-refractivity contribution in [1.29, 1.82) is 0 Å². The Kier molecular flexibility index (Phi) is 5.68. The zero-order chi connectivity index (χ0) is 12.5. The highest BCUT2D eigenvalue weighted by Gasteiger charge is 1.97. The first-order valence-corrected chi connectivity index (χ1v) is 5.22. The molecule has 0 atom stereocenters. The maximum absolute atomic E-state index is 5.61. The van der Waals surface area contributed by atoms with Gasteiger partial charge >= 0.3 is 0 Å². The number of ether oxygens (including phenoxy) is 1. The molecule has 1 heterocycles. The van der Waals surface area contributed by atoms with Gasteiger partial charge in [-0.2, -0.15) is 0 Å². The van der Waals surface area contributed by atoms with Crippen LogP contribution in [0, 0.1) is 0 Å². The second-order valence-corrected chi connectivity index (χ2v) is 3.27. The standard InChI is InChI=1S/C12H12ClN3O/c1-3-11(13)15-16-12(4-2)17-9-10-7-5-6-8-14-10/h3-8H,1-2,9H2/b15-11+,16-12+. The van der Waals surface area contributed by atoms with Crippen molar-refractivity contribution in [2.24, 2.45) is 10.2 Å². The molecule has 0 fully saturated rings. The molecule has 0 aromatic carbocycles. The van der Waals surface area contributed by atoms with Crippen LogP contribution in [0.2, 0.25) is 0 Å². The highest BCUT2D eigenvalue weighted by Crippen LogP contribution is 1.98. The van der Waals surface area contributed by atoms with E-state index >= 15 is 0 Å². The molecule has 0 spiro atoms. The van der Waals surface area contributed by atoms with Crippen LogP contribution >= 0.6 is 11.6 Å². The Bertz CT molecular complexity index is 440. The molecule has 88 valence electrons. The van der Waals surface area contributed by atoms with Crippen molar-refractivity contribution in [1.82, 2.24) is 4.98 Å². The summed E-state index contributed by atoms with van der Waals surface area (Å²) in [4.78, 5) is 4.10. The Morgan fingerprint density at radius 1 is 1.35 bits per heavy atom. The third-order valence-electron chi connectivity index (χ3n) is 1.68. The molecule has 5 heteroatoms. The number of nitrogens with zero attached hydrogens (tertiary/aromatic N) is 3. The molecule has 0 radical (unpaired) electrons. The lowest BCUT2D eigenvalue weighted by Crippen LogP contribution is -2.02. The summed E-state index contributed by atoms with van der Waals surface area (Å²) in [7, 11) is 0. The van der Waals surface area contributed by atoms with Crippen LogP contribution in [0.15, 0.2) is 59.9 Å². The zero-order valence-electron chi connectivity index (χ0n) is 9.21. The molecule has 0 saturated heterocycles. The predicted molar refractivity (Wildman–Crippen MR) is 70.1 cm³/mol. The first kappa shape index (κ1) is 13.1. The van der Waals surface area contributed by atoms with Crippen molar-refractivity contribution < 1.29 is 4.74 Å². The number of rotatable bonds is 5. The van der Waals surface area contributed by atoms with E-state index in [0.717, 1.165) is 5.69 Å². The Hall–Kier alpha value is -1.94. The lowest BCUT2D eigenvalue weighted by atomic mass is 10.4. The van der Waals surface area contributed by atoms with Gasteiger partial charge in [0, 0.05) is 6.20 Å².